The summed E-state index contributed by atoms with van der Waals surface area (Å²) in [6, 6.07) is 6.47. The summed E-state index contributed by atoms with van der Waals surface area (Å²) in [6.07, 6.45) is -3.49. The number of aliphatic hydroxyl groups is 3. The summed E-state index contributed by atoms with van der Waals surface area (Å²) in [7, 11) is 1.29. The van der Waals surface area contributed by atoms with Crippen molar-refractivity contribution in [3.05, 3.63) is 63.8 Å². The average Bonchev–Trinajstić information content (AvgIpc) is 3.64. The van der Waals surface area contributed by atoms with Gasteiger partial charge in [-0.15, -0.1) is 5.10 Å². The predicted molar refractivity (Wildman–Crippen MR) is 149 cm³/mol. The number of nitrogens with zero attached hydrogens (tertiary/aromatic N) is 5. The van der Waals surface area contributed by atoms with Crippen molar-refractivity contribution in [1.29, 1.82) is 5.26 Å². The number of aliphatic hydroxyl groups excluding tert-OH is 3. The van der Waals surface area contributed by atoms with Crippen molar-refractivity contribution in [1.82, 2.24) is 15.0 Å². The van der Waals surface area contributed by atoms with Gasteiger partial charge in [0.15, 0.2) is 6.10 Å². The van der Waals surface area contributed by atoms with Gasteiger partial charge in [0.05, 0.1) is 36.6 Å². The number of carbonyl (C=O) groups is 1. The Kier molecular flexibility index (Phi) is 9.29. The summed E-state index contributed by atoms with van der Waals surface area (Å²) in [5.41, 5.74) is 0.483. The zero-order valence-corrected chi connectivity index (χ0v) is 24.2. The molecule has 2 heterocycles. The lowest BCUT2D eigenvalue weighted by Crippen LogP contribution is -2.62. The van der Waals surface area contributed by atoms with Gasteiger partial charge >= 0.3 is 0 Å². The van der Waals surface area contributed by atoms with E-state index in [1.807, 2.05) is 6.07 Å². The highest BCUT2D eigenvalue weighted by atomic mass is 35.5. The van der Waals surface area contributed by atoms with E-state index < -0.39 is 71.8 Å². The van der Waals surface area contributed by atoms with Crippen LogP contribution >= 0.6 is 23.2 Å². The Bertz CT molecular complexity index is 1530. The molecule has 2 aromatic carbocycles. The number of methoxy groups -OCH3 is 1. The second kappa shape index (κ2) is 12.8. The van der Waals surface area contributed by atoms with E-state index in [4.69, 9.17) is 32.7 Å². The third-order valence-electron chi connectivity index (χ3n) is 7.78. The van der Waals surface area contributed by atoms with Crippen LogP contribution in [0.4, 0.5) is 14.5 Å². The van der Waals surface area contributed by atoms with E-state index in [1.54, 1.807) is 0 Å². The fourth-order valence-corrected chi connectivity index (χ4v) is 6.08. The first-order valence-corrected chi connectivity index (χ1v) is 14.1. The molecule has 15 heteroatoms. The third-order valence-corrected chi connectivity index (χ3v) is 8.36. The van der Waals surface area contributed by atoms with E-state index >= 15 is 0 Å². The fourth-order valence-electron chi connectivity index (χ4n) is 5.74. The SMILES string of the molecule is CO[C@@H]1[C@@H](n2cc(-c3cc(F)c(Cl)c(F)c3)nn2)[C@@H](O)[C@@H](CO)O[C@H]1C(=O)N(c1cc(Cl)cc(C#N)c1)[C@H]1CCC[C@@H]1O. The minimum absolute atomic E-state index is 0.0168. The molecule has 5 rings (SSSR count). The molecular formula is C28H27Cl2F2N5O6. The second-order valence-electron chi connectivity index (χ2n) is 10.4. The Morgan fingerprint density at radius 1 is 1.21 bits per heavy atom. The number of ether oxygens (including phenoxy) is 2. The van der Waals surface area contributed by atoms with Crippen LogP contribution in [0.5, 0.6) is 0 Å². The Labute approximate surface area is 254 Å². The van der Waals surface area contributed by atoms with Gasteiger partial charge in [0.25, 0.3) is 5.91 Å². The largest absolute Gasteiger partial charge is 0.394 e. The Morgan fingerprint density at radius 2 is 1.93 bits per heavy atom. The van der Waals surface area contributed by atoms with Crippen LogP contribution in [0.3, 0.4) is 0 Å². The van der Waals surface area contributed by atoms with Gasteiger partial charge in [-0.05, 0) is 49.6 Å². The fraction of sp³-hybridized carbons (Fsp3) is 0.429. The molecule has 2 fully saturated rings. The molecule has 11 nitrogen and oxygen atoms in total. The monoisotopic (exact) mass is 637 g/mol. The molecular weight excluding hydrogens is 611 g/mol. The Morgan fingerprint density at radius 3 is 2.53 bits per heavy atom. The Balaban J connectivity index is 1.55. The number of halogens is 4. The Hall–Kier alpha value is -3.22. The summed E-state index contributed by atoms with van der Waals surface area (Å²) >= 11 is 11.9. The summed E-state index contributed by atoms with van der Waals surface area (Å²) in [5, 5.41) is 49.1. The molecule has 228 valence electrons. The number of carbonyl (C=O) groups excluding carboxylic acids is 1. The van der Waals surface area contributed by atoms with Crippen LogP contribution in [0.1, 0.15) is 30.9 Å². The van der Waals surface area contributed by atoms with Crippen LogP contribution in [0.25, 0.3) is 11.3 Å². The van der Waals surface area contributed by atoms with Gasteiger partial charge in [-0.1, -0.05) is 28.4 Å². The molecule has 3 N–H and O–H groups in total. The molecule has 1 aromatic heterocycles. The van der Waals surface area contributed by atoms with E-state index in [1.165, 1.54) is 41.1 Å². The lowest BCUT2D eigenvalue weighted by Gasteiger charge is -2.45. The summed E-state index contributed by atoms with van der Waals surface area (Å²) < 4.78 is 41.0. The van der Waals surface area contributed by atoms with Crippen LogP contribution in [-0.2, 0) is 14.3 Å². The number of hydrogen-bond donors (Lipinski definition) is 3. The van der Waals surface area contributed by atoms with Crippen molar-refractivity contribution in [2.45, 2.75) is 61.9 Å². The highest BCUT2D eigenvalue weighted by molar-refractivity contribution is 6.31. The van der Waals surface area contributed by atoms with Crippen molar-refractivity contribution in [3.8, 4) is 17.3 Å². The lowest BCUT2D eigenvalue weighted by atomic mass is 9.91. The number of rotatable bonds is 7. The van der Waals surface area contributed by atoms with Crippen molar-refractivity contribution in [2.24, 2.45) is 0 Å². The average molecular weight is 638 g/mol. The molecule has 1 saturated carbocycles. The van der Waals surface area contributed by atoms with Crippen LogP contribution in [0.2, 0.25) is 10.0 Å². The van der Waals surface area contributed by atoms with Crippen LogP contribution < -0.4 is 4.90 Å². The number of anilines is 1. The number of benzene rings is 2. The first-order chi connectivity index (χ1) is 20.6. The van der Waals surface area contributed by atoms with Gasteiger partial charge in [0.1, 0.15) is 46.7 Å². The molecule has 43 heavy (non-hydrogen) atoms. The molecule has 3 aromatic rings. The third kappa shape index (κ3) is 5.97. The normalized spacial score (nSPS) is 27.2. The number of amides is 1. The maximum atomic E-state index is 14.4. The van der Waals surface area contributed by atoms with E-state index in [0.29, 0.717) is 19.3 Å². The van der Waals surface area contributed by atoms with Gasteiger partial charge in [-0.25, -0.2) is 13.5 Å². The highest BCUT2D eigenvalue weighted by Gasteiger charge is 2.52. The quantitative estimate of drug-likeness (QED) is 0.332. The van der Waals surface area contributed by atoms with E-state index in [2.05, 4.69) is 10.3 Å². The summed E-state index contributed by atoms with van der Waals surface area (Å²) in [4.78, 5) is 15.7. The van der Waals surface area contributed by atoms with Crippen LogP contribution in [-0.4, -0.2) is 86.5 Å². The van der Waals surface area contributed by atoms with E-state index in [9.17, 15) is 34.2 Å². The minimum Gasteiger partial charge on any atom is -0.394 e. The van der Waals surface area contributed by atoms with Gasteiger partial charge < -0.3 is 29.7 Å². The van der Waals surface area contributed by atoms with Crippen molar-refractivity contribution in [2.75, 3.05) is 18.6 Å². The van der Waals surface area contributed by atoms with E-state index in [-0.39, 0.29) is 27.5 Å². The lowest BCUT2D eigenvalue weighted by molar-refractivity contribution is -0.211. The molecule has 0 bridgehead atoms. The number of hydrogen-bond acceptors (Lipinski definition) is 9. The summed E-state index contributed by atoms with van der Waals surface area (Å²) in [6.45, 7) is -0.686. The van der Waals surface area contributed by atoms with Gasteiger partial charge in [0, 0.05) is 23.4 Å². The van der Waals surface area contributed by atoms with Crippen molar-refractivity contribution in [3.63, 3.8) is 0 Å². The zero-order valence-electron chi connectivity index (χ0n) is 22.6. The predicted octanol–water partition coefficient (Wildman–Crippen LogP) is 3.03. The molecule has 0 unspecified atom stereocenters. The van der Waals surface area contributed by atoms with Crippen molar-refractivity contribution < 1.29 is 38.4 Å². The maximum Gasteiger partial charge on any atom is 0.259 e. The van der Waals surface area contributed by atoms with Gasteiger partial charge in [-0.3, -0.25) is 4.79 Å². The van der Waals surface area contributed by atoms with Crippen molar-refractivity contribution >= 4 is 34.8 Å². The zero-order chi connectivity index (χ0) is 31.0. The molecule has 7 atom stereocenters. The molecule has 1 amide bonds. The summed E-state index contributed by atoms with van der Waals surface area (Å²) in [5.74, 6) is -2.69. The maximum absolute atomic E-state index is 14.4. The smallest absolute Gasteiger partial charge is 0.259 e. The number of nitriles is 1. The van der Waals surface area contributed by atoms with Crippen LogP contribution in [0, 0.1) is 23.0 Å². The van der Waals surface area contributed by atoms with Gasteiger partial charge in [0.2, 0.25) is 0 Å². The second-order valence-corrected chi connectivity index (χ2v) is 11.2. The van der Waals surface area contributed by atoms with E-state index in [0.717, 1.165) is 12.1 Å². The molecule has 1 aliphatic heterocycles. The molecule has 1 saturated heterocycles. The first-order valence-electron chi connectivity index (χ1n) is 13.3. The van der Waals surface area contributed by atoms with Gasteiger partial charge in [-0.2, -0.15) is 5.26 Å². The minimum atomic E-state index is -1.46. The standard InChI is InChI=1S/C28H27Cl2F2N5O6/c1-42-26-24(36-11-19(34-35-36)14-7-17(31)23(30)18(32)8-14)25(40)22(12-38)43-27(26)28(41)37(20-3-2-4-21(20)39)16-6-13(10-33)5-15(29)9-16/h5-9,11,20-22,24-27,38-40H,2-4,12H2,1H3/t20-,21-,22+,24-,25-,26+,27+/m0/s1. The highest BCUT2D eigenvalue weighted by Crippen LogP contribution is 2.37. The topological polar surface area (TPSA) is 154 Å². The number of aromatic nitrogens is 3. The first kappa shape index (κ1) is 31.2. The molecule has 0 radical (unpaired) electrons. The molecule has 2 aliphatic rings. The molecule has 0 spiro atoms. The van der Waals surface area contributed by atoms with Crippen LogP contribution in [0.15, 0.2) is 36.5 Å². The molecule has 1 aliphatic carbocycles.